The van der Waals surface area contributed by atoms with Crippen LogP contribution < -0.4 is 0 Å². The zero-order valence-electron chi connectivity index (χ0n) is 15.7. The maximum Gasteiger partial charge on any atom is 0.316 e. The third kappa shape index (κ3) is 5.53. The van der Waals surface area contributed by atoms with Crippen molar-refractivity contribution in [1.29, 1.82) is 0 Å². The van der Waals surface area contributed by atoms with Crippen LogP contribution in [-0.4, -0.2) is 53.8 Å². The van der Waals surface area contributed by atoms with Crippen LogP contribution >= 0.6 is 11.8 Å². The molecule has 8 nitrogen and oxygen atoms in total. The van der Waals surface area contributed by atoms with Crippen molar-refractivity contribution in [3.63, 3.8) is 0 Å². The molecule has 10 heteroatoms. The van der Waals surface area contributed by atoms with E-state index in [1.54, 1.807) is 39.8 Å². The molecular weight excluding hydrogens is 390 g/mol. The normalized spacial score (nSPS) is 11.9. The van der Waals surface area contributed by atoms with Crippen LogP contribution in [0.3, 0.4) is 0 Å². The van der Waals surface area contributed by atoms with E-state index in [4.69, 9.17) is 9.15 Å². The van der Waals surface area contributed by atoms with Crippen molar-refractivity contribution in [2.75, 3.05) is 18.8 Å². The number of hydrogen-bond acceptors (Lipinski definition) is 8. The summed E-state index contributed by atoms with van der Waals surface area (Å²) in [6, 6.07) is 6.35. The smallest absolute Gasteiger partial charge is 0.316 e. The number of benzene rings is 1. The number of hydrogen-bond donors (Lipinski definition) is 0. The number of sulfonamides is 1. The molecule has 0 aliphatic carbocycles. The van der Waals surface area contributed by atoms with Gasteiger partial charge in [0.1, 0.15) is 5.75 Å². The van der Waals surface area contributed by atoms with Crippen LogP contribution in [0.4, 0.5) is 0 Å². The van der Waals surface area contributed by atoms with Crippen molar-refractivity contribution in [2.45, 2.75) is 43.9 Å². The van der Waals surface area contributed by atoms with E-state index >= 15 is 0 Å². The molecule has 1 aromatic heterocycles. The van der Waals surface area contributed by atoms with Crippen LogP contribution in [0.25, 0.3) is 11.5 Å². The van der Waals surface area contributed by atoms with Gasteiger partial charge in [0.2, 0.25) is 15.9 Å². The highest BCUT2D eigenvalue weighted by molar-refractivity contribution is 7.99. The third-order valence-corrected chi connectivity index (χ3v) is 6.35. The lowest BCUT2D eigenvalue weighted by Gasteiger charge is -2.18. The Hall–Kier alpha value is -1.91. The molecule has 0 N–H and O–H groups in total. The standard InChI is InChI=1S/C17H23N3O5S2/c1-5-20(6-2)27(22,23)14-9-7-8-13(10-14)16-18-19-17(25-16)26-11-15(21)24-12(3)4/h7-10,12H,5-6,11H2,1-4H3. The van der Waals surface area contributed by atoms with E-state index in [1.807, 2.05) is 0 Å². The minimum atomic E-state index is -3.58. The van der Waals surface area contributed by atoms with Crippen LogP contribution in [0, 0.1) is 0 Å². The lowest BCUT2D eigenvalue weighted by atomic mass is 10.2. The second-order valence-corrected chi connectivity index (χ2v) is 8.68. The molecule has 148 valence electrons. The first-order valence-electron chi connectivity index (χ1n) is 8.54. The van der Waals surface area contributed by atoms with Gasteiger partial charge in [0.25, 0.3) is 5.22 Å². The summed E-state index contributed by atoms with van der Waals surface area (Å²) < 4.78 is 37.3. The molecule has 0 atom stereocenters. The first kappa shape index (κ1) is 21.4. The summed E-state index contributed by atoms with van der Waals surface area (Å²) in [5, 5.41) is 8.03. The van der Waals surface area contributed by atoms with E-state index < -0.39 is 10.0 Å². The van der Waals surface area contributed by atoms with Gasteiger partial charge in [-0.25, -0.2) is 8.42 Å². The maximum atomic E-state index is 12.7. The molecule has 0 spiro atoms. The number of rotatable bonds is 9. The Morgan fingerprint density at radius 1 is 1.26 bits per heavy atom. The van der Waals surface area contributed by atoms with Crippen molar-refractivity contribution in [3.8, 4) is 11.5 Å². The number of aromatic nitrogens is 2. The SMILES string of the molecule is CCN(CC)S(=O)(=O)c1cccc(-c2nnc(SCC(=O)OC(C)C)o2)c1. The van der Waals surface area contributed by atoms with E-state index in [9.17, 15) is 13.2 Å². The molecular formula is C17H23N3O5S2. The molecule has 0 aliphatic heterocycles. The molecule has 0 radical (unpaired) electrons. The van der Waals surface area contributed by atoms with Crippen molar-refractivity contribution < 1.29 is 22.4 Å². The van der Waals surface area contributed by atoms with Gasteiger partial charge in [-0.15, -0.1) is 10.2 Å². The number of carbonyl (C=O) groups is 1. The van der Waals surface area contributed by atoms with Crippen LogP contribution in [-0.2, 0) is 19.6 Å². The first-order chi connectivity index (χ1) is 12.8. The van der Waals surface area contributed by atoms with Crippen LogP contribution in [0.1, 0.15) is 27.7 Å². The highest BCUT2D eigenvalue weighted by Gasteiger charge is 2.22. The zero-order valence-corrected chi connectivity index (χ0v) is 17.3. The second-order valence-electron chi connectivity index (χ2n) is 5.82. The lowest BCUT2D eigenvalue weighted by molar-refractivity contribution is -0.144. The average Bonchev–Trinajstić information content (AvgIpc) is 3.09. The summed E-state index contributed by atoms with van der Waals surface area (Å²) in [5.74, 6) is -0.135. The summed E-state index contributed by atoms with van der Waals surface area (Å²) in [5.41, 5.74) is 0.493. The Balaban J connectivity index is 2.16. The predicted octanol–water partition coefficient (Wildman–Crippen LogP) is 2.81. The van der Waals surface area contributed by atoms with E-state index in [0.29, 0.717) is 18.7 Å². The minimum absolute atomic E-state index is 0.0518. The number of ether oxygens (including phenoxy) is 1. The molecule has 27 heavy (non-hydrogen) atoms. The number of thioether (sulfide) groups is 1. The van der Waals surface area contributed by atoms with Gasteiger partial charge in [0.15, 0.2) is 0 Å². The van der Waals surface area contributed by atoms with E-state index in [0.717, 1.165) is 11.8 Å². The monoisotopic (exact) mass is 413 g/mol. The predicted molar refractivity (Wildman–Crippen MR) is 102 cm³/mol. The topological polar surface area (TPSA) is 103 Å². The average molecular weight is 414 g/mol. The van der Waals surface area contributed by atoms with Gasteiger partial charge in [-0.1, -0.05) is 31.7 Å². The number of carbonyl (C=O) groups excluding carboxylic acids is 1. The minimum Gasteiger partial charge on any atom is -0.462 e. The fraction of sp³-hybridized carbons (Fsp3) is 0.471. The van der Waals surface area contributed by atoms with E-state index in [-0.39, 0.29) is 33.8 Å². The second kappa shape index (κ2) is 9.34. The number of esters is 1. The summed E-state index contributed by atoms with van der Waals surface area (Å²) in [6.07, 6.45) is -0.188. The molecule has 2 aromatic rings. The molecule has 2 rings (SSSR count). The van der Waals surface area contributed by atoms with Gasteiger partial charge >= 0.3 is 5.97 Å². The molecule has 1 aromatic carbocycles. The van der Waals surface area contributed by atoms with Crippen molar-refractivity contribution in [3.05, 3.63) is 24.3 Å². The zero-order chi connectivity index (χ0) is 20.0. The molecule has 0 fully saturated rings. The largest absolute Gasteiger partial charge is 0.462 e. The maximum absolute atomic E-state index is 12.7. The van der Waals surface area contributed by atoms with Gasteiger partial charge in [-0.05, 0) is 32.0 Å². The van der Waals surface area contributed by atoms with E-state index in [1.165, 1.54) is 16.4 Å². The molecule has 0 aliphatic rings. The van der Waals surface area contributed by atoms with Gasteiger partial charge in [-0.2, -0.15) is 4.31 Å². The van der Waals surface area contributed by atoms with Crippen molar-refractivity contribution in [1.82, 2.24) is 14.5 Å². The summed E-state index contributed by atoms with van der Waals surface area (Å²) in [4.78, 5) is 11.7. The Kier molecular flexibility index (Phi) is 7.40. The Labute approximate surface area is 163 Å². The number of nitrogens with zero attached hydrogens (tertiary/aromatic N) is 3. The van der Waals surface area contributed by atoms with Crippen LogP contribution in [0.15, 0.2) is 38.8 Å². The molecule has 0 unspecified atom stereocenters. The summed E-state index contributed by atoms with van der Waals surface area (Å²) in [6.45, 7) is 7.89. The van der Waals surface area contributed by atoms with Crippen LogP contribution in [0.5, 0.6) is 0 Å². The van der Waals surface area contributed by atoms with E-state index in [2.05, 4.69) is 10.2 Å². The summed E-state index contributed by atoms with van der Waals surface area (Å²) in [7, 11) is -3.58. The first-order valence-corrected chi connectivity index (χ1v) is 11.0. The Morgan fingerprint density at radius 3 is 2.59 bits per heavy atom. The summed E-state index contributed by atoms with van der Waals surface area (Å²) >= 11 is 1.07. The molecule has 0 amide bonds. The third-order valence-electron chi connectivity index (χ3n) is 3.51. The van der Waals surface area contributed by atoms with Gasteiger partial charge in [0, 0.05) is 18.7 Å². The Bertz CT molecular complexity index is 876. The van der Waals surface area contributed by atoms with Crippen molar-refractivity contribution >= 4 is 27.8 Å². The van der Waals surface area contributed by atoms with Gasteiger partial charge < -0.3 is 9.15 Å². The van der Waals surface area contributed by atoms with Crippen LogP contribution in [0.2, 0.25) is 0 Å². The Morgan fingerprint density at radius 2 is 1.96 bits per heavy atom. The highest BCUT2D eigenvalue weighted by atomic mass is 32.2. The van der Waals surface area contributed by atoms with Gasteiger partial charge in [-0.3, -0.25) is 4.79 Å². The van der Waals surface area contributed by atoms with Crippen molar-refractivity contribution in [2.24, 2.45) is 0 Å². The fourth-order valence-electron chi connectivity index (χ4n) is 2.30. The van der Waals surface area contributed by atoms with Gasteiger partial charge in [0.05, 0.1) is 11.0 Å². The lowest BCUT2D eigenvalue weighted by Crippen LogP contribution is -2.30. The molecule has 0 bridgehead atoms. The molecule has 1 heterocycles. The quantitative estimate of drug-likeness (QED) is 0.457. The highest BCUT2D eigenvalue weighted by Crippen LogP contribution is 2.26. The molecule has 0 saturated carbocycles. The fourth-order valence-corrected chi connectivity index (χ4v) is 4.35. The molecule has 0 saturated heterocycles.